The Kier molecular flexibility index (Phi) is 5.55. The molecule has 2 aromatic carbocycles. The second-order valence-corrected chi connectivity index (χ2v) is 8.10. The van der Waals surface area contributed by atoms with Crippen LogP contribution in [-0.2, 0) is 21.4 Å². The fraction of sp³-hybridized carbons (Fsp3) is 0.0952. The fourth-order valence-electron chi connectivity index (χ4n) is 2.74. The minimum absolute atomic E-state index is 0.00550. The molecule has 0 atom stereocenters. The van der Waals surface area contributed by atoms with Crippen LogP contribution in [0.2, 0.25) is 0 Å². The van der Waals surface area contributed by atoms with E-state index in [1.807, 2.05) is 0 Å². The Morgan fingerprint density at radius 1 is 1.00 bits per heavy atom. The van der Waals surface area contributed by atoms with Crippen LogP contribution >= 0.6 is 0 Å². The highest BCUT2D eigenvalue weighted by molar-refractivity contribution is 7.89. The van der Waals surface area contributed by atoms with Gasteiger partial charge in [0, 0.05) is 17.8 Å². The van der Waals surface area contributed by atoms with Crippen LogP contribution in [0.25, 0.3) is 6.08 Å². The summed E-state index contributed by atoms with van der Waals surface area (Å²) in [6.45, 7) is 0.156. The van der Waals surface area contributed by atoms with Crippen molar-refractivity contribution in [1.82, 2.24) is 4.72 Å². The molecule has 30 heavy (non-hydrogen) atoms. The Balaban J connectivity index is 1.32. The molecule has 0 saturated carbocycles. The van der Waals surface area contributed by atoms with Gasteiger partial charge >= 0.3 is 0 Å². The number of anilines is 1. The van der Waals surface area contributed by atoms with Gasteiger partial charge in [0.15, 0.2) is 11.5 Å². The normalized spacial score (nSPS) is 12.9. The molecule has 0 fully saturated rings. The monoisotopic (exact) mass is 426 g/mol. The lowest BCUT2D eigenvalue weighted by Crippen LogP contribution is -2.22. The lowest BCUT2D eigenvalue weighted by Gasteiger charge is -2.04. The van der Waals surface area contributed by atoms with Crippen LogP contribution in [0.3, 0.4) is 0 Å². The number of sulfonamides is 1. The van der Waals surface area contributed by atoms with E-state index in [0.717, 1.165) is 0 Å². The predicted octanol–water partition coefficient (Wildman–Crippen LogP) is 3.14. The summed E-state index contributed by atoms with van der Waals surface area (Å²) in [7, 11) is -3.63. The summed E-state index contributed by atoms with van der Waals surface area (Å²) in [6.07, 6.45) is 2.82. The molecule has 1 aromatic heterocycles. The smallest absolute Gasteiger partial charge is 0.248 e. The van der Waals surface area contributed by atoms with Gasteiger partial charge in [0.2, 0.25) is 22.7 Å². The first-order valence-corrected chi connectivity index (χ1v) is 10.5. The van der Waals surface area contributed by atoms with E-state index in [-0.39, 0.29) is 24.1 Å². The van der Waals surface area contributed by atoms with Crippen LogP contribution < -0.4 is 19.5 Å². The van der Waals surface area contributed by atoms with Crippen molar-refractivity contribution in [3.8, 4) is 11.5 Å². The number of hydrogen-bond acceptors (Lipinski definition) is 6. The van der Waals surface area contributed by atoms with Crippen molar-refractivity contribution in [1.29, 1.82) is 0 Å². The van der Waals surface area contributed by atoms with Crippen molar-refractivity contribution in [3.63, 3.8) is 0 Å². The fourth-order valence-corrected chi connectivity index (χ4v) is 3.76. The second-order valence-electron chi connectivity index (χ2n) is 6.33. The molecule has 2 heterocycles. The zero-order valence-electron chi connectivity index (χ0n) is 15.7. The van der Waals surface area contributed by atoms with Gasteiger partial charge in [-0.1, -0.05) is 18.2 Å². The van der Waals surface area contributed by atoms with Gasteiger partial charge < -0.3 is 19.2 Å². The molecule has 4 rings (SSSR count). The van der Waals surface area contributed by atoms with Crippen molar-refractivity contribution in [3.05, 3.63) is 78.3 Å². The van der Waals surface area contributed by atoms with Crippen LogP contribution in [0.15, 0.2) is 76.1 Å². The summed E-state index contributed by atoms with van der Waals surface area (Å²) in [5.41, 5.74) is 0.573. The maximum absolute atomic E-state index is 12.2. The second kappa shape index (κ2) is 8.44. The molecule has 0 aliphatic carbocycles. The van der Waals surface area contributed by atoms with Crippen LogP contribution in [0, 0.1) is 0 Å². The van der Waals surface area contributed by atoms with Crippen molar-refractivity contribution in [2.45, 2.75) is 11.4 Å². The maximum Gasteiger partial charge on any atom is 0.248 e. The average Bonchev–Trinajstić information content (AvgIpc) is 3.40. The zero-order chi connectivity index (χ0) is 21.0. The van der Waals surface area contributed by atoms with E-state index in [0.29, 0.717) is 28.7 Å². The number of carbonyl (C=O) groups is 1. The Bertz CT molecular complexity index is 1190. The number of furan rings is 1. The van der Waals surface area contributed by atoms with Crippen molar-refractivity contribution < 1.29 is 27.1 Å². The van der Waals surface area contributed by atoms with Crippen LogP contribution in [0.5, 0.6) is 11.5 Å². The molecule has 0 unspecified atom stereocenters. The standard InChI is InChI=1S/C21H18N2O6S/c24-21(23-15-6-10-19-20(12-15)28-14-27-19)11-9-16-7-8-17(29-16)13-22-30(25,26)18-4-2-1-3-5-18/h1-12,22H,13-14H2,(H,23,24)/b11-9+. The van der Waals surface area contributed by atoms with Gasteiger partial charge in [0.25, 0.3) is 0 Å². The van der Waals surface area contributed by atoms with E-state index < -0.39 is 10.0 Å². The Hall–Kier alpha value is -3.56. The Morgan fingerprint density at radius 3 is 2.63 bits per heavy atom. The summed E-state index contributed by atoms with van der Waals surface area (Å²) in [5.74, 6) is 1.70. The topological polar surface area (TPSA) is 107 Å². The molecule has 1 aliphatic heterocycles. The highest BCUT2D eigenvalue weighted by atomic mass is 32.2. The van der Waals surface area contributed by atoms with E-state index in [2.05, 4.69) is 10.0 Å². The number of rotatable bonds is 7. The molecule has 0 spiro atoms. The van der Waals surface area contributed by atoms with Crippen LogP contribution in [0.1, 0.15) is 11.5 Å². The highest BCUT2D eigenvalue weighted by Gasteiger charge is 2.15. The van der Waals surface area contributed by atoms with Gasteiger partial charge in [0.1, 0.15) is 11.5 Å². The number of nitrogens with one attached hydrogen (secondary N) is 2. The maximum atomic E-state index is 12.2. The number of carbonyl (C=O) groups excluding carboxylic acids is 1. The first-order chi connectivity index (χ1) is 14.5. The molecule has 8 nitrogen and oxygen atoms in total. The molecule has 1 aliphatic rings. The molecular weight excluding hydrogens is 408 g/mol. The largest absolute Gasteiger partial charge is 0.460 e. The van der Waals surface area contributed by atoms with E-state index in [1.165, 1.54) is 24.3 Å². The molecule has 3 aromatic rings. The van der Waals surface area contributed by atoms with Crippen molar-refractivity contribution in [2.24, 2.45) is 0 Å². The van der Waals surface area contributed by atoms with Crippen LogP contribution in [0.4, 0.5) is 5.69 Å². The molecule has 0 radical (unpaired) electrons. The van der Waals surface area contributed by atoms with Crippen LogP contribution in [-0.4, -0.2) is 21.1 Å². The lowest BCUT2D eigenvalue weighted by molar-refractivity contribution is -0.111. The van der Waals surface area contributed by atoms with E-state index >= 15 is 0 Å². The number of benzene rings is 2. The number of hydrogen-bond donors (Lipinski definition) is 2. The summed E-state index contributed by atoms with van der Waals surface area (Å²) < 4.78 is 43.0. The van der Waals surface area contributed by atoms with Crippen molar-refractivity contribution >= 4 is 27.7 Å². The SMILES string of the molecule is O=C(/C=C/c1ccc(CNS(=O)(=O)c2ccccc2)o1)Nc1ccc2c(c1)OCO2. The molecular formula is C21H18N2O6S. The molecule has 154 valence electrons. The summed E-state index contributed by atoms with van der Waals surface area (Å²) >= 11 is 0. The summed E-state index contributed by atoms with van der Waals surface area (Å²) in [4.78, 5) is 12.3. The summed E-state index contributed by atoms with van der Waals surface area (Å²) in [6, 6.07) is 16.5. The number of amides is 1. The number of fused-ring (bicyclic) bond motifs is 1. The third-order valence-corrected chi connectivity index (χ3v) is 5.63. The molecule has 2 N–H and O–H groups in total. The zero-order valence-corrected chi connectivity index (χ0v) is 16.5. The summed E-state index contributed by atoms with van der Waals surface area (Å²) in [5, 5.41) is 2.72. The van der Waals surface area contributed by atoms with Gasteiger partial charge in [0.05, 0.1) is 11.4 Å². The third-order valence-electron chi connectivity index (χ3n) is 4.21. The number of ether oxygens (including phenoxy) is 2. The van der Waals surface area contributed by atoms with Gasteiger partial charge in [-0.2, -0.15) is 0 Å². The predicted molar refractivity (Wildman–Crippen MR) is 109 cm³/mol. The average molecular weight is 426 g/mol. The Morgan fingerprint density at radius 2 is 1.80 bits per heavy atom. The van der Waals surface area contributed by atoms with E-state index in [4.69, 9.17) is 13.9 Å². The molecule has 0 saturated heterocycles. The molecule has 0 bridgehead atoms. The first kappa shape index (κ1) is 19.7. The third kappa shape index (κ3) is 4.70. The highest BCUT2D eigenvalue weighted by Crippen LogP contribution is 2.34. The van der Waals surface area contributed by atoms with E-state index in [9.17, 15) is 13.2 Å². The van der Waals surface area contributed by atoms with Gasteiger partial charge in [-0.25, -0.2) is 13.1 Å². The first-order valence-electron chi connectivity index (χ1n) is 9.02. The van der Waals surface area contributed by atoms with Gasteiger partial charge in [-0.05, 0) is 42.5 Å². The Labute approximate surface area is 173 Å². The minimum Gasteiger partial charge on any atom is -0.460 e. The molecule has 1 amide bonds. The lowest BCUT2D eigenvalue weighted by atomic mass is 10.2. The van der Waals surface area contributed by atoms with Gasteiger partial charge in [-0.3, -0.25) is 4.79 Å². The quantitative estimate of drug-likeness (QED) is 0.562. The minimum atomic E-state index is -3.63. The molecule has 9 heteroatoms. The van der Waals surface area contributed by atoms with Crippen molar-refractivity contribution in [2.75, 3.05) is 12.1 Å². The van der Waals surface area contributed by atoms with E-state index in [1.54, 1.807) is 48.5 Å². The van der Waals surface area contributed by atoms with Gasteiger partial charge in [-0.15, -0.1) is 0 Å².